The second kappa shape index (κ2) is 6.44. The van der Waals surface area contributed by atoms with Crippen molar-refractivity contribution in [2.24, 2.45) is 0 Å². The summed E-state index contributed by atoms with van der Waals surface area (Å²) in [6.45, 7) is 6.18. The minimum atomic E-state index is -0.349. The molecule has 1 aromatic carbocycles. The molecular weight excluding hydrogens is 276 g/mol. The van der Waals surface area contributed by atoms with E-state index >= 15 is 0 Å². The Bertz CT molecular complexity index is 727. The summed E-state index contributed by atoms with van der Waals surface area (Å²) < 4.78 is 1.75. The quantitative estimate of drug-likeness (QED) is 0.871. The lowest BCUT2D eigenvalue weighted by Crippen LogP contribution is -2.33. The number of hydrogen-bond donors (Lipinski definition) is 0. The molecule has 5 heteroatoms. The summed E-state index contributed by atoms with van der Waals surface area (Å²) >= 11 is 0. The van der Waals surface area contributed by atoms with Crippen LogP contribution in [-0.4, -0.2) is 27.6 Å². The van der Waals surface area contributed by atoms with Gasteiger partial charge >= 0.3 is 0 Å². The van der Waals surface area contributed by atoms with Gasteiger partial charge < -0.3 is 4.90 Å². The molecule has 1 atom stereocenters. The van der Waals surface area contributed by atoms with Gasteiger partial charge in [0.2, 0.25) is 5.91 Å². The van der Waals surface area contributed by atoms with Crippen LogP contribution in [0.25, 0.3) is 0 Å². The van der Waals surface area contributed by atoms with Gasteiger partial charge in [0.1, 0.15) is 6.04 Å². The van der Waals surface area contributed by atoms with Crippen LogP contribution in [-0.2, 0) is 11.3 Å². The highest BCUT2D eigenvalue weighted by molar-refractivity contribution is 5.79. The molecule has 0 bridgehead atoms. The number of nitrogens with zero attached hydrogens (tertiary/aromatic N) is 4. The molecule has 2 rings (SSSR count). The van der Waals surface area contributed by atoms with Gasteiger partial charge in [-0.25, -0.2) is 0 Å². The standard InChI is InChI=1S/C17H20N4O/c1-12-8-13(2)21(19-12)14(3)17(22)20(4)11-16-7-5-6-15(9-16)10-18/h5-9,14H,11H2,1-4H3. The van der Waals surface area contributed by atoms with Gasteiger partial charge in [-0.15, -0.1) is 0 Å². The maximum absolute atomic E-state index is 12.6. The Morgan fingerprint density at radius 2 is 2.14 bits per heavy atom. The topological polar surface area (TPSA) is 61.9 Å². The number of carbonyl (C=O) groups excluding carboxylic acids is 1. The maximum atomic E-state index is 12.6. The zero-order valence-electron chi connectivity index (χ0n) is 13.4. The van der Waals surface area contributed by atoms with Crippen molar-refractivity contribution in [1.82, 2.24) is 14.7 Å². The Labute approximate surface area is 130 Å². The first-order chi connectivity index (χ1) is 10.4. The number of benzene rings is 1. The predicted octanol–water partition coefficient (Wildman–Crippen LogP) is 2.59. The van der Waals surface area contributed by atoms with Gasteiger partial charge in [0, 0.05) is 19.3 Å². The Balaban J connectivity index is 2.11. The summed E-state index contributed by atoms with van der Waals surface area (Å²) in [6.07, 6.45) is 0. The average molecular weight is 296 g/mol. The van der Waals surface area contributed by atoms with Crippen LogP contribution in [0.1, 0.15) is 35.5 Å². The summed E-state index contributed by atoms with van der Waals surface area (Å²) in [5.41, 5.74) is 3.42. The highest BCUT2D eigenvalue weighted by Crippen LogP contribution is 2.15. The van der Waals surface area contributed by atoms with Crippen molar-refractivity contribution in [2.75, 3.05) is 7.05 Å². The van der Waals surface area contributed by atoms with E-state index in [0.29, 0.717) is 12.1 Å². The van der Waals surface area contributed by atoms with E-state index in [1.165, 1.54) is 0 Å². The summed E-state index contributed by atoms with van der Waals surface area (Å²) in [4.78, 5) is 14.2. The summed E-state index contributed by atoms with van der Waals surface area (Å²) in [7, 11) is 1.77. The van der Waals surface area contributed by atoms with Gasteiger partial charge in [-0.05, 0) is 44.5 Å². The number of rotatable bonds is 4. The molecule has 0 saturated carbocycles. The van der Waals surface area contributed by atoms with Gasteiger partial charge in [-0.2, -0.15) is 10.4 Å². The predicted molar refractivity (Wildman–Crippen MR) is 84.0 cm³/mol. The normalized spacial score (nSPS) is 11.8. The molecule has 0 N–H and O–H groups in total. The fraction of sp³-hybridized carbons (Fsp3) is 0.353. The largest absolute Gasteiger partial charge is 0.340 e. The summed E-state index contributed by atoms with van der Waals surface area (Å²) in [5, 5.41) is 13.3. The number of aromatic nitrogens is 2. The van der Waals surface area contributed by atoms with Crippen LogP contribution in [0.2, 0.25) is 0 Å². The van der Waals surface area contributed by atoms with Crippen LogP contribution in [0.15, 0.2) is 30.3 Å². The molecule has 0 aliphatic rings. The van der Waals surface area contributed by atoms with E-state index in [2.05, 4.69) is 11.2 Å². The second-order valence-corrected chi connectivity index (χ2v) is 5.55. The van der Waals surface area contributed by atoms with E-state index in [0.717, 1.165) is 17.0 Å². The number of amides is 1. The third kappa shape index (κ3) is 3.34. The molecule has 0 spiro atoms. The Hall–Kier alpha value is -2.61. The van der Waals surface area contributed by atoms with Crippen molar-refractivity contribution < 1.29 is 4.79 Å². The van der Waals surface area contributed by atoms with Crippen LogP contribution in [0.4, 0.5) is 0 Å². The molecule has 1 heterocycles. The Kier molecular flexibility index (Phi) is 4.62. The van der Waals surface area contributed by atoms with E-state index < -0.39 is 0 Å². The van der Waals surface area contributed by atoms with E-state index in [1.54, 1.807) is 28.8 Å². The lowest BCUT2D eigenvalue weighted by atomic mass is 10.1. The molecule has 1 aromatic heterocycles. The first-order valence-electron chi connectivity index (χ1n) is 7.19. The molecule has 0 radical (unpaired) electrons. The molecule has 0 aliphatic carbocycles. The summed E-state index contributed by atoms with van der Waals surface area (Å²) in [6, 6.07) is 11.0. The van der Waals surface area contributed by atoms with E-state index in [9.17, 15) is 4.79 Å². The minimum Gasteiger partial charge on any atom is -0.340 e. The van der Waals surface area contributed by atoms with Crippen molar-refractivity contribution in [1.29, 1.82) is 5.26 Å². The molecular formula is C17H20N4O. The lowest BCUT2D eigenvalue weighted by molar-refractivity contribution is -0.133. The number of aryl methyl sites for hydroxylation is 2. The molecule has 0 saturated heterocycles. The minimum absolute atomic E-state index is 0.00596. The Morgan fingerprint density at radius 1 is 1.41 bits per heavy atom. The monoisotopic (exact) mass is 296 g/mol. The number of nitriles is 1. The van der Waals surface area contributed by atoms with Gasteiger partial charge in [0.15, 0.2) is 0 Å². The maximum Gasteiger partial charge on any atom is 0.247 e. The molecule has 1 amide bonds. The SMILES string of the molecule is Cc1cc(C)n(C(C)C(=O)N(C)Cc2cccc(C#N)c2)n1. The molecule has 2 aromatic rings. The van der Waals surface area contributed by atoms with Crippen LogP contribution in [0.5, 0.6) is 0 Å². The van der Waals surface area contributed by atoms with Gasteiger partial charge in [-0.1, -0.05) is 12.1 Å². The van der Waals surface area contributed by atoms with Gasteiger partial charge in [0.05, 0.1) is 17.3 Å². The number of likely N-dealkylation sites (N-methyl/N-ethyl adjacent to an activating group) is 1. The first-order valence-corrected chi connectivity index (χ1v) is 7.19. The molecule has 1 unspecified atom stereocenters. The van der Waals surface area contributed by atoms with E-state index in [4.69, 9.17) is 5.26 Å². The van der Waals surface area contributed by atoms with Crippen molar-refractivity contribution in [3.63, 3.8) is 0 Å². The highest BCUT2D eigenvalue weighted by atomic mass is 16.2. The van der Waals surface area contributed by atoms with Gasteiger partial charge in [-0.3, -0.25) is 9.48 Å². The smallest absolute Gasteiger partial charge is 0.247 e. The van der Waals surface area contributed by atoms with Crippen molar-refractivity contribution in [2.45, 2.75) is 33.4 Å². The average Bonchev–Trinajstić information content (AvgIpc) is 2.84. The van der Waals surface area contributed by atoms with Gasteiger partial charge in [0.25, 0.3) is 0 Å². The van der Waals surface area contributed by atoms with Crippen LogP contribution in [0.3, 0.4) is 0 Å². The highest BCUT2D eigenvalue weighted by Gasteiger charge is 2.21. The molecule has 0 fully saturated rings. The Morgan fingerprint density at radius 3 is 2.73 bits per heavy atom. The number of hydrogen-bond acceptors (Lipinski definition) is 3. The molecule has 5 nitrogen and oxygen atoms in total. The van der Waals surface area contributed by atoms with Crippen molar-refractivity contribution in [3.8, 4) is 6.07 Å². The van der Waals surface area contributed by atoms with E-state index in [1.807, 2.05) is 39.0 Å². The van der Waals surface area contributed by atoms with Crippen LogP contribution in [0, 0.1) is 25.2 Å². The van der Waals surface area contributed by atoms with Crippen LogP contribution >= 0.6 is 0 Å². The fourth-order valence-corrected chi connectivity index (χ4v) is 2.55. The molecule has 114 valence electrons. The third-order valence-electron chi connectivity index (χ3n) is 3.62. The second-order valence-electron chi connectivity index (χ2n) is 5.55. The fourth-order valence-electron chi connectivity index (χ4n) is 2.55. The zero-order chi connectivity index (χ0) is 16.3. The summed E-state index contributed by atoms with van der Waals surface area (Å²) in [5.74, 6) is -0.00596. The van der Waals surface area contributed by atoms with E-state index in [-0.39, 0.29) is 11.9 Å². The van der Waals surface area contributed by atoms with Crippen molar-refractivity contribution in [3.05, 3.63) is 52.8 Å². The molecule has 0 aliphatic heterocycles. The van der Waals surface area contributed by atoms with Crippen LogP contribution < -0.4 is 0 Å². The lowest BCUT2D eigenvalue weighted by Gasteiger charge is -2.22. The van der Waals surface area contributed by atoms with Crippen molar-refractivity contribution >= 4 is 5.91 Å². The third-order valence-corrected chi connectivity index (χ3v) is 3.62. The first kappa shape index (κ1) is 15.8. The molecule has 22 heavy (non-hydrogen) atoms. The number of carbonyl (C=O) groups is 1. The zero-order valence-corrected chi connectivity index (χ0v) is 13.4.